The number of ether oxygens (including phenoxy) is 2. The van der Waals surface area contributed by atoms with Crippen LogP contribution in [0.15, 0.2) is 12.7 Å². The molecule has 1 rings (SSSR count). The molecule has 5 heteroatoms. The van der Waals surface area contributed by atoms with Crippen LogP contribution in [0, 0.1) is 0 Å². The van der Waals surface area contributed by atoms with Crippen LogP contribution in [0.4, 0.5) is 0 Å². The molecule has 0 N–H and O–H groups in total. The average Bonchev–Trinajstić information content (AvgIpc) is 2.62. The number of hydrogen-bond donors (Lipinski definition) is 0. The smallest absolute Gasteiger partial charge is 0.192 e. The molecule has 0 aliphatic carbocycles. The summed E-state index contributed by atoms with van der Waals surface area (Å²) in [6.45, 7) is 18.4. The van der Waals surface area contributed by atoms with Gasteiger partial charge in [0.05, 0.1) is 6.10 Å². The number of carbonyl (C=O) groups is 1. The van der Waals surface area contributed by atoms with E-state index in [4.69, 9.17) is 13.9 Å². The molecule has 1 aliphatic rings. The molecule has 1 aliphatic heterocycles. The molecule has 0 saturated carbocycles. The van der Waals surface area contributed by atoms with Crippen molar-refractivity contribution in [3.63, 3.8) is 0 Å². The van der Waals surface area contributed by atoms with E-state index in [0.29, 0.717) is 6.42 Å². The Kier molecular flexibility index (Phi) is 5.59. The van der Waals surface area contributed by atoms with Gasteiger partial charge in [0.1, 0.15) is 18.5 Å². The predicted octanol–water partition coefficient (Wildman–Crippen LogP) is 3.67. The van der Waals surface area contributed by atoms with Crippen LogP contribution < -0.4 is 0 Å². The zero-order valence-electron chi connectivity index (χ0n) is 14.4. The van der Waals surface area contributed by atoms with Gasteiger partial charge in [0, 0.05) is 6.42 Å². The Bertz CT molecular complexity index is 384. The number of hydrogen-bond acceptors (Lipinski definition) is 4. The highest BCUT2D eigenvalue weighted by Gasteiger charge is 2.47. The molecule has 0 amide bonds. The van der Waals surface area contributed by atoms with E-state index in [1.54, 1.807) is 6.08 Å². The molecular weight excluding hydrogens is 284 g/mol. The van der Waals surface area contributed by atoms with E-state index in [-0.39, 0.29) is 23.4 Å². The Labute approximate surface area is 130 Å². The normalized spacial score (nSPS) is 27.4. The highest BCUT2D eigenvalue weighted by Crippen LogP contribution is 2.40. The van der Waals surface area contributed by atoms with Crippen LogP contribution in [-0.2, 0) is 18.7 Å². The molecule has 0 aromatic rings. The minimum absolute atomic E-state index is 0.0762. The highest BCUT2D eigenvalue weighted by atomic mass is 28.4. The van der Waals surface area contributed by atoms with Gasteiger partial charge >= 0.3 is 0 Å². The third-order valence-corrected chi connectivity index (χ3v) is 8.85. The second kappa shape index (κ2) is 6.32. The average molecular weight is 314 g/mol. The van der Waals surface area contributed by atoms with E-state index in [1.807, 2.05) is 13.8 Å². The van der Waals surface area contributed by atoms with Gasteiger partial charge in [-0.25, -0.2) is 0 Å². The molecule has 1 heterocycles. The van der Waals surface area contributed by atoms with E-state index in [1.165, 1.54) is 0 Å². The van der Waals surface area contributed by atoms with Gasteiger partial charge in [0.25, 0.3) is 0 Å². The summed E-state index contributed by atoms with van der Waals surface area (Å²) in [5, 5.41) is 0.0762. The highest BCUT2D eigenvalue weighted by molar-refractivity contribution is 6.74. The lowest BCUT2D eigenvalue weighted by atomic mass is 10.1. The summed E-state index contributed by atoms with van der Waals surface area (Å²) >= 11 is 0. The summed E-state index contributed by atoms with van der Waals surface area (Å²) in [4.78, 5) is 11.1. The van der Waals surface area contributed by atoms with Gasteiger partial charge in [0.15, 0.2) is 14.1 Å². The summed E-state index contributed by atoms with van der Waals surface area (Å²) in [7, 11) is -1.99. The van der Waals surface area contributed by atoms with Crippen LogP contribution >= 0.6 is 0 Å². The van der Waals surface area contributed by atoms with Gasteiger partial charge in [-0.2, -0.15) is 0 Å². The first-order valence-corrected chi connectivity index (χ1v) is 10.4. The Balaban J connectivity index is 2.96. The Morgan fingerprint density at radius 2 is 1.90 bits per heavy atom. The molecule has 0 bridgehead atoms. The first-order valence-electron chi connectivity index (χ1n) is 7.53. The molecule has 3 atom stereocenters. The molecule has 122 valence electrons. The zero-order chi connectivity index (χ0) is 16.5. The lowest BCUT2D eigenvalue weighted by Crippen LogP contribution is -2.49. The van der Waals surface area contributed by atoms with Crippen LogP contribution in [0.25, 0.3) is 0 Å². The van der Waals surface area contributed by atoms with Gasteiger partial charge in [-0.1, -0.05) is 26.8 Å². The fraction of sp³-hybridized carbons (Fsp3) is 0.812. The lowest BCUT2D eigenvalue weighted by molar-refractivity contribution is -0.153. The van der Waals surface area contributed by atoms with Crippen molar-refractivity contribution in [3.05, 3.63) is 12.7 Å². The SMILES string of the molecule is C=CC1OC(C)(C)OC1C(CC=O)O[Si](C)(C)C(C)(C)C. The fourth-order valence-electron chi connectivity index (χ4n) is 2.19. The minimum atomic E-state index is -1.99. The van der Waals surface area contributed by atoms with Gasteiger partial charge < -0.3 is 18.7 Å². The fourth-order valence-corrected chi connectivity index (χ4v) is 3.53. The summed E-state index contributed by atoms with van der Waals surface area (Å²) < 4.78 is 18.2. The molecule has 0 aromatic carbocycles. The number of rotatable bonds is 6. The maximum absolute atomic E-state index is 11.1. The topological polar surface area (TPSA) is 44.8 Å². The van der Waals surface area contributed by atoms with Crippen molar-refractivity contribution in [1.82, 2.24) is 0 Å². The van der Waals surface area contributed by atoms with Crippen molar-refractivity contribution in [2.24, 2.45) is 0 Å². The van der Waals surface area contributed by atoms with Crippen LogP contribution in [0.1, 0.15) is 41.0 Å². The van der Waals surface area contributed by atoms with Crippen molar-refractivity contribution in [2.45, 2.75) is 83.3 Å². The summed E-state index contributed by atoms with van der Waals surface area (Å²) in [5.41, 5.74) is 0. The molecule has 0 spiro atoms. The number of aldehydes is 1. The quantitative estimate of drug-likeness (QED) is 0.426. The van der Waals surface area contributed by atoms with Crippen LogP contribution in [0.5, 0.6) is 0 Å². The van der Waals surface area contributed by atoms with E-state index >= 15 is 0 Å². The van der Waals surface area contributed by atoms with Crippen molar-refractivity contribution in [1.29, 1.82) is 0 Å². The number of carbonyl (C=O) groups excluding carboxylic acids is 1. The minimum Gasteiger partial charge on any atom is -0.411 e. The maximum Gasteiger partial charge on any atom is 0.192 e. The van der Waals surface area contributed by atoms with Gasteiger partial charge in [-0.3, -0.25) is 0 Å². The Hall–Kier alpha value is -0.493. The maximum atomic E-state index is 11.1. The van der Waals surface area contributed by atoms with E-state index in [9.17, 15) is 4.79 Å². The molecule has 1 saturated heterocycles. The molecule has 0 aromatic heterocycles. The third-order valence-electron chi connectivity index (χ3n) is 4.34. The Morgan fingerprint density at radius 3 is 2.33 bits per heavy atom. The first kappa shape index (κ1) is 18.6. The largest absolute Gasteiger partial charge is 0.411 e. The second-order valence-corrected chi connectivity index (χ2v) is 12.4. The molecule has 0 radical (unpaired) electrons. The molecule has 1 fully saturated rings. The second-order valence-electron chi connectivity index (χ2n) is 7.62. The molecule has 4 nitrogen and oxygen atoms in total. The van der Waals surface area contributed by atoms with Gasteiger partial charge in [-0.15, -0.1) is 6.58 Å². The lowest BCUT2D eigenvalue weighted by Gasteiger charge is -2.40. The van der Waals surface area contributed by atoms with Crippen molar-refractivity contribution >= 4 is 14.6 Å². The first-order chi connectivity index (χ1) is 9.43. The Morgan fingerprint density at radius 1 is 1.33 bits per heavy atom. The van der Waals surface area contributed by atoms with Crippen molar-refractivity contribution < 1.29 is 18.7 Å². The predicted molar refractivity (Wildman–Crippen MR) is 86.8 cm³/mol. The van der Waals surface area contributed by atoms with Crippen molar-refractivity contribution in [3.8, 4) is 0 Å². The summed E-state index contributed by atoms with van der Waals surface area (Å²) in [6.07, 6.45) is 2.08. The van der Waals surface area contributed by atoms with Gasteiger partial charge in [-0.05, 0) is 32.0 Å². The molecule has 21 heavy (non-hydrogen) atoms. The van der Waals surface area contributed by atoms with Crippen LogP contribution in [0.2, 0.25) is 18.1 Å². The van der Waals surface area contributed by atoms with Gasteiger partial charge in [0.2, 0.25) is 0 Å². The van der Waals surface area contributed by atoms with Crippen molar-refractivity contribution in [2.75, 3.05) is 0 Å². The standard InChI is InChI=1S/C16H30O4Si/c1-9-12-14(19-16(5,6)18-12)13(10-11-17)20-21(7,8)15(2,3)4/h9,11-14H,1,10H2,2-8H3. The third kappa shape index (κ3) is 4.49. The molecular formula is C16H30O4Si. The zero-order valence-corrected chi connectivity index (χ0v) is 15.4. The van der Waals surface area contributed by atoms with E-state index in [0.717, 1.165) is 6.29 Å². The van der Waals surface area contributed by atoms with Crippen LogP contribution in [-0.4, -0.2) is 38.7 Å². The van der Waals surface area contributed by atoms with E-state index < -0.39 is 14.1 Å². The molecule has 3 unspecified atom stereocenters. The summed E-state index contributed by atoms with van der Waals surface area (Å²) in [6, 6.07) is 0. The monoisotopic (exact) mass is 314 g/mol. The van der Waals surface area contributed by atoms with Crippen LogP contribution in [0.3, 0.4) is 0 Å². The summed E-state index contributed by atoms with van der Waals surface area (Å²) in [5.74, 6) is -0.679. The van der Waals surface area contributed by atoms with E-state index in [2.05, 4.69) is 40.4 Å².